The summed E-state index contributed by atoms with van der Waals surface area (Å²) in [6.45, 7) is 4.31. The molecule has 0 fully saturated rings. The molecule has 1 N–H and O–H groups in total. The largest absolute Gasteiger partial charge is 0.485 e. The van der Waals surface area contributed by atoms with Crippen LogP contribution in [0, 0.1) is 5.82 Å². The third-order valence-electron chi connectivity index (χ3n) is 4.01. The van der Waals surface area contributed by atoms with Crippen LogP contribution in [0.4, 0.5) is 4.39 Å². The highest BCUT2D eigenvalue weighted by molar-refractivity contribution is 5.39. The number of hydrogen-bond acceptors (Lipinski definition) is 2. The van der Waals surface area contributed by atoms with Crippen LogP contribution >= 0.6 is 0 Å². The molecule has 1 aliphatic rings. The minimum atomic E-state index is -0.695. The van der Waals surface area contributed by atoms with Crippen LogP contribution in [0.15, 0.2) is 42.5 Å². The molecule has 0 saturated carbocycles. The zero-order chi connectivity index (χ0) is 15.0. The second kappa shape index (κ2) is 5.49. The smallest absolute Gasteiger partial charge is 0.127 e. The van der Waals surface area contributed by atoms with E-state index in [2.05, 4.69) is 26.0 Å². The van der Waals surface area contributed by atoms with Crippen molar-refractivity contribution in [2.24, 2.45) is 0 Å². The molecular formula is C18H19FO2. The van der Waals surface area contributed by atoms with E-state index in [0.717, 1.165) is 5.56 Å². The fourth-order valence-corrected chi connectivity index (χ4v) is 2.72. The van der Waals surface area contributed by atoms with Crippen molar-refractivity contribution in [1.82, 2.24) is 0 Å². The molecule has 2 atom stereocenters. The number of aliphatic hydroxyl groups excluding tert-OH is 1. The Morgan fingerprint density at radius 3 is 2.52 bits per heavy atom. The maximum atomic E-state index is 13.2. The van der Waals surface area contributed by atoms with Gasteiger partial charge in [-0.25, -0.2) is 4.39 Å². The van der Waals surface area contributed by atoms with Crippen molar-refractivity contribution in [2.75, 3.05) is 0 Å². The molecule has 2 aromatic carbocycles. The number of halogens is 1. The molecule has 1 aliphatic heterocycles. The van der Waals surface area contributed by atoms with Crippen molar-refractivity contribution in [2.45, 2.75) is 38.4 Å². The first-order valence-corrected chi connectivity index (χ1v) is 7.28. The lowest BCUT2D eigenvalue weighted by atomic mass is 9.93. The summed E-state index contributed by atoms with van der Waals surface area (Å²) in [7, 11) is 0. The third-order valence-corrected chi connectivity index (χ3v) is 4.01. The van der Waals surface area contributed by atoms with Crippen LogP contribution in [0.25, 0.3) is 0 Å². The summed E-state index contributed by atoms with van der Waals surface area (Å²) < 4.78 is 19.2. The molecule has 0 aliphatic carbocycles. The van der Waals surface area contributed by atoms with Gasteiger partial charge in [-0.3, -0.25) is 0 Å². The van der Waals surface area contributed by atoms with E-state index in [0.29, 0.717) is 23.7 Å². The molecule has 0 saturated heterocycles. The summed E-state index contributed by atoms with van der Waals surface area (Å²) in [6.07, 6.45) is -0.448. The van der Waals surface area contributed by atoms with Crippen molar-refractivity contribution >= 4 is 0 Å². The first kappa shape index (κ1) is 14.1. The highest BCUT2D eigenvalue weighted by Gasteiger charge is 2.28. The Balaban J connectivity index is 1.86. The number of rotatable bonds is 2. The van der Waals surface area contributed by atoms with E-state index < -0.39 is 6.10 Å². The second-order valence-corrected chi connectivity index (χ2v) is 5.86. The average molecular weight is 286 g/mol. The SMILES string of the molecule is CC(C)c1ccc(C2C[C@H](O)c3cc(F)ccc3O2)cc1. The quantitative estimate of drug-likeness (QED) is 0.880. The number of aliphatic hydroxyl groups is 1. The Kier molecular flexibility index (Phi) is 3.68. The van der Waals surface area contributed by atoms with Crippen LogP contribution in [0.3, 0.4) is 0 Å². The summed E-state index contributed by atoms with van der Waals surface area (Å²) >= 11 is 0. The van der Waals surface area contributed by atoms with Gasteiger partial charge in [-0.15, -0.1) is 0 Å². The van der Waals surface area contributed by atoms with Gasteiger partial charge in [0.05, 0.1) is 6.10 Å². The Hall–Kier alpha value is -1.87. The molecule has 21 heavy (non-hydrogen) atoms. The Labute approximate surface area is 124 Å². The summed E-state index contributed by atoms with van der Waals surface area (Å²) in [5.74, 6) is 0.699. The van der Waals surface area contributed by atoms with Crippen LogP contribution in [0.1, 0.15) is 55.1 Å². The van der Waals surface area contributed by atoms with Crippen molar-refractivity contribution in [3.8, 4) is 5.75 Å². The minimum Gasteiger partial charge on any atom is -0.485 e. The Morgan fingerprint density at radius 1 is 1.14 bits per heavy atom. The molecule has 1 heterocycles. The number of hydrogen-bond donors (Lipinski definition) is 1. The molecule has 2 nitrogen and oxygen atoms in total. The van der Waals surface area contributed by atoms with Crippen molar-refractivity contribution in [3.63, 3.8) is 0 Å². The maximum Gasteiger partial charge on any atom is 0.127 e. The minimum absolute atomic E-state index is 0.195. The monoisotopic (exact) mass is 286 g/mol. The number of ether oxygens (including phenoxy) is 1. The van der Waals surface area contributed by atoms with E-state index in [4.69, 9.17) is 4.74 Å². The van der Waals surface area contributed by atoms with Gasteiger partial charge in [0.25, 0.3) is 0 Å². The molecule has 0 aromatic heterocycles. The van der Waals surface area contributed by atoms with E-state index in [1.54, 1.807) is 6.07 Å². The molecule has 0 bridgehead atoms. The van der Waals surface area contributed by atoms with Crippen LogP contribution in [-0.4, -0.2) is 5.11 Å². The van der Waals surface area contributed by atoms with E-state index in [1.165, 1.54) is 17.7 Å². The van der Waals surface area contributed by atoms with E-state index in [1.807, 2.05) is 12.1 Å². The van der Waals surface area contributed by atoms with Gasteiger partial charge in [-0.05, 0) is 35.2 Å². The topological polar surface area (TPSA) is 29.5 Å². The van der Waals surface area contributed by atoms with Gasteiger partial charge in [-0.2, -0.15) is 0 Å². The second-order valence-electron chi connectivity index (χ2n) is 5.86. The maximum absolute atomic E-state index is 13.2. The fraction of sp³-hybridized carbons (Fsp3) is 0.333. The van der Waals surface area contributed by atoms with Crippen LogP contribution < -0.4 is 4.74 Å². The lowest BCUT2D eigenvalue weighted by Crippen LogP contribution is -2.19. The van der Waals surface area contributed by atoms with Crippen LogP contribution in [0.5, 0.6) is 5.75 Å². The van der Waals surface area contributed by atoms with Gasteiger partial charge in [0.15, 0.2) is 0 Å². The summed E-state index contributed by atoms with van der Waals surface area (Å²) in [6, 6.07) is 12.6. The summed E-state index contributed by atoms with van der Waals surface area (Å²) in [4.78, 5) is 0. The van der Waals surface area contributed by atoms with Gasteiger partial charge in [0.2, 0.25) is 0 Å². The van der Waals surface area contributed by atoms with Crippen molar-refractivity contribution < 1.29 is 14.2 Å². The van der Waals surface area contributed by atoms with Crippen LogP contribution in [0.2, 0.25) is 0 Å². The predicted octanol–water partition coefficient (Wildman–Crippen LogP) is 4.51. The molecule has 3 heteroatoms. The molecule has 110 valence electrons. The van der Waals surface area contributed by atoms with Gasteiger partial charge in [0, 0.05) is 12.0 Å². The summed E-state index contributed by atoms with van der Waals surface area (Å²) in [5.41, 5.74) is 2.84. The van der Waals surface area contributed by atoms with Gasteiger partial charge in [-0.1, -0.05) is 38.1 Å². The average Bonchev–Trinajstić information content (AvgIpc) is 2.48. The third kappa shape index (κ3) is 2.79. The molecule has 3 rings (SSSR count). The van der Waals surface area contributed by atoms with Crippen LogP contribution in [-0.2, 0) is 0 Å². The lowest BCUT2D eigenvalue weighted by molar-refractivity contribution is 0.0653. The summed E-state index contributed by atoms with van der Waals surface area (Å²) in [5, 5.41) is 10.2. The zero-order valence-electron chi connectivity index (χ0n) is 12.2. The first-order valence-electron chi connectivity index (χ1n) is 7.28. The Morgan fingerprint density at radius 2 is 1.86 bits per heavy atom. The first-order chi connectivity index (χ1) is 10.0. The normalized spacial score (nSPS) is 21.0. The van der Waals surface area contributed by atoms with Gasteiger partial charge < -0.3 is 9.84 Å². The van der Waals surface area contributed by atoms with E-state index in [-0.39, 0.29) is 11.9 Å². The number of fused-ring (bicyclic) bond motifs is 1. The zero-order valence-corrected chi connectivity index (χ0v) is 12.2. The standard InChI is InChI=1S/C18H19FO2/c1-11(2)12-3-5-13(6-4-12)18-10-16(20)15-9-14(19)7-8-17(15)21-18/h3-9,11,16,18,20H,10H2,1-2H3/t16-,18?/m0/s1. The van der Waals surface area contributed by atoms with Crippen molar-refractivity contribution in [3.05, 3.63) is 65.0 Å². The van der Waals surface area contributed by atoms with E-state index in [9.17, 15) is 9.50 Å². The Bertz CT molecular complexity index is 634. The molecule has 0 radical (unpaired) electrons. The molecule has 0 spiro atoms. The molecular weight excluding hydrogens is 267 g/mol. The van der Waals surface area contributed by atoms with Gasteiger partial charge >= 0.3 is 0 Å². The van der Waals surface area contributed by atoms with E-state index >= 15 is 0 Å². The number of benzene rings is 2. The highest BCUT2D eigenvalue weighted by Crippen LogP contribution is 2.41. The van der Waals surface area contributed by atoms with Crippen molar-refractivity contribution in [1.29, 1.82) is 0 Å². The fourth-order valence-electron chi connectivity index (χ4n) is 2.72. The highest BCUT2D eigenvalue weighted by atomic mass is 19.1. The predicted molar refractivity (Wildman–Crippen MR) is 79.9 cm³/mol. The molecule has 0 amide bonds. The lowest BCUT2D eigenvalue weighted by Gasteiger charge is -2.30. The molecule has 2 aromatic rings. The molecule has 1 unspecified atom stereocenters. The van der Waals surface area contributed by atoms with Gasteiger partial charge in [0.1, 0.15) is 17.7 Å².